The molecular weight excluding hydrogens is 2020 g/mol. The van der Waals surface area contributed by atoms with Gasteiger partial charge in [-0.2, -0.15) is 5.26 Å². The maximum atomic E-state index is 13.4. The molecule has 148 heavy (non-hydrogen) atoms. The number of phenols is 2. The van der Waals surface area contributed by atoms with E-state index in [9.17, 15) is 119 Å². The number of hydrogen-bond donors (Lipinski definition) is 2. The van der Waals surface area contributed by atoms with Crippen LogP contribution in [0, 0.1) is 113 Å². The van der Waals surface area contributed by atoms with Crippen LogP contribution in [-0.4, -0.2) is 187 Å². The summed E-state index contributed by atoms with van der Waals surface area (Å²) >= 11 is 23.0. The van der Waals surface area contributed by atoms with Gasteiger partial charge in [-0.3, -0.25) is 62.3 Å². The second-order valence-corrected chi connectivity index (χ2v) is 38.6. The molecule has 0 radical (unpaired) electrons. The van der Waals surface area contributed by atoms with Crippen LogP contribution in [0.3, 0.4) is 0 Å². The molecule has 0 amide bonds. The molecule has 0 bridgehead atoms. The predicted molar refractivity (Wildman–Crippen MR) is 547 cm³/mol. The smallest absolute Gasteiger partial charge is 0.344 e. The SMILES string of the molecule is CC(=O)CCC(=O)C(C)C.CC(=O)OCC(=O)C(C)C.CC(C)C(=O)COC(=O)C(C)(C)C.CC(C)C(=O)COC(=O)C1CC1.CC(C)C(=O)COC(=O)c1c(Cl)cccc1Cl.CC(C)C(=O)COC(=O)c1c(F)cccc1F.CC(C)C(=O)COC(=O)c1c(O)cccc1Cl.CC(C)C(=O)COC(=O)c1ccc(C#N)cc1F.CC(C)C(=O)COC(=O)c1ccc(Cl)cc1O.Cc1cccc(C)c1C(=O)OCC(=O)C(C)C. The highest BCUT2D eigenvalue weighted by atomic mass is 35.5. The zero-order valence-corrected chi connectivity index (χ0v) is 91.8. The highest BCUT2D eigenvalue weighted by molar-refractivity contribution is 6.39. The van der Waals surface area contributed by atoms with E-state index in [1.54, 1.807) is 158 Å². The summed E-state index contributed by atoms with van der Waals surface area (Å²) in [6.07, 6.45) is 2.66. The van der Waals surface area contributed by atoms with Gasteiger partial charge in [0.15, 0.2) is 91.7 Å². The Labute approximate surface area is 882 Å². The molecule has 0 spiro atoms. The molecule has 814 valence electrons. The van der Waals surface area contributed by atoms with E-state index in [4.69, 9.17) is 84.8 Å². The minimum absolute atomic E-state index is 0.00837. The fourth-order valence-corrected chi connectivity index (χ4v) is 10.1. The number of hydrogen-bond acceptors (Lipinski definition) is 32. The molecule has 7 rings (SSSR count). The number of halogens is 7. The third-order valence-electron chi connectivity index (χ3n) is 19.6. The maximum absolute atomic E-state index is 13.4. The summed E-state index contributed by atoms with van der Waals surface area (Å²) in [6.45, 7) is 44.6. The molecule has 0 aliphatic heterocycles. The average molecular weight is 2160 g/mol. The van der Waals surface area contributed by atoms with E-state index in [1.165, 1.54) is 68.4 Å². The van der Waals surface area contributed by atoms with E-state index in [0.29, 0.717) is 23.4 Å². The molecule has 1 fully saturated rings. The summed E-state index contributed by atoms with van der Waals surface area (Å²) in [4.78, 5) is 224. The number of carbonyl (C=O) groups excluding carboxylic acids is 20. The summed E-state index contributed by atoms with van der Waals surface area (Å²) in [5.74, 6) is -11.3. The van der Waals surface area contributed by atoms with Crippen molar-refractivity contribution in [2.45, 2.75) is 213 Å². The van der Waals surface area contributed by atoms with Gasteiger partial charge in [0.2, 0.25) is 0 Å². The Morgan fingerprint density at radius 3 is 0.959 bits per heavy atom. The van der Waals surface area contributed by atoms with E-state index in [0.717, 1.165) is 54.3 Å². The molecule has 39 heteroatoms. The van der Waals surface area contributed by atoms with Gasteiger partial charge in [0, 0.05) is 84.0 Å². The van der Waals surface area contributed by atoms with Crippen molar-refractivity contribution in [3.05, 3.63) is 197 Å². The summed E-state index contributed by atoms with van der Waals surface area (Å²) in [5, 5.41) is 28.3. The van der Waals surface area contributed by atoms with Gasteiger partial charge in [-0.05, 0) is 138 Å². The van der Waals surface area contributed by atoms with Crippen molar-refractivity contribution >= 4 is 164 Å². The first-order chi connectivity index (χ1) is 68.5. The zero-order valence-electron chi connectivity index (χ0n) is 88.8. The van der Waals surface area contributed by atoms with Crippen molar-refractivity contribution in [3.8, 4) is 17.6 Å². The molecule has 0 saturated heterocycles. The highest BCUT2D eigenvalue weighted by Gasteiger charge is 2.33. The lowest BCUT2D eigenvalue weighted by molar-refractivity contribution is -0.156. The van der Waals surface area contributed by atoms with Crippen molar-refractivity contribution < 1.29 is 162 Å². The molecule has 1 aliphatic carbocycles. The van der Waals surface area contributed by atoms with Crippen molar-refractivity contribution in [1.82, 2.24) is 0 Å². The number of ether oxygens (including phenoxy) is 9. The molecule has 2 N–H and O–H groups in total. The van der Waals surface area contributed by atoms with Gasteiger partial charge in [-0.15, -0.1) is 0 Å². The Hall–Kier alpha value is -13.0. The summed E-state index contributed by atoms with van der Waals surface area (Å²) in [5.41, 5.74) is 0.779. The summed E-state index contributed by atoms with van der Waals surface area (Å²) in [6, 6.07) is 26.8. The van der Waals surface area contributed by atoms with Gasteiger partial charge in [0.1, 0.15) is 77.0 Å². The van der Waals surface area contributed by atoms with Crippen LogP contribution in [0.4, 0.5) is 13.2 Å². The van der Waals surface area contributed by atoms with Gasteiger partial charge in [0.05, 0.1) is 54.7 Å². The molecule has 0 aromatic heterocycles. The van der Waals surface area contributed by atoms with Crippen LogP contribution in [0.25, 0.3) is 0 Å². The van der Waals surface area contributed by atoms with Gasteiger partial charge in [-0.1, -0.05) is 221 Å². The van der Waals surface area contributed by atoms with Crippen LogP contribution >= 0.6 is 46.4 Å². The minimum atomic E-state index is -1.17. The first-order valence-electron chi connectivity index (χ1n) is 46.9. The Balaban J connectivity index is -0.00000159. The van der Waals surface area contributed by atoms with Crippen LogP contribution in [-0.2, 0) is 110 Å². The van der Waals surface area contributed by atoms with Gasteiger partial charge in [-0.25, -0.2) is 41.9 Å². The quantitative estimate of drug-likeness (QED) is 0.0268. The predicted octanol–water partition coefficient (Wildman–Crippen LogP) is 20.7. The van der Waals surface area contributed by atoms with Gasteiger partial charge < -0.3 is 57.6 Å². The van der Waals surface area contributed by atoms with Crippen LogP contribution in [0.2, 0.25) is 20.1 Å². The van der Waals surface area contributed by atoms with Crippen LogP contribution in [0.5, 0.6) is 11.5 Å². The molecular formula is C109H138Cl4F3NO31. The number of Topliss-reactive ketones (excluding diaryl/α,β-unsaturated/α-hetero) is 11. The Bertz CT molecular complexity index is 5100. The Morgan fingerprint density at radius 1 is 0.338 bits per heavy atom. The summed E-state index contributed by atoms with van der Waals surface area (Å²) < 4.78 is 82.5. The van der Waals surface area contributed by atoms with E-state index in [-0.39, 0.29) is 248 Å². The van der Waals surface area contributed by atoms with Gasteiger partial charge in [0.25, 0.3) is 0 Å². The second kappa shape index (κ2) is 72.3. The number of nitrogens with zero attached hydrogens (tertiary/aromatic N) is 1. The Kier molecular flexibility index (Phi) is 68.0. The molecule has 32 nitrogen and oxygen atoms in total. The number of esters is 9. The lowest BCUT2D eigenvalue weighted by Gasteiger charge is -2.16. The normalized spacial score (nSPS) is 10.8. The first kappa shape index (κ1) is 139. The highest BCUT2D eigenvalue weighted by Crippen LogP contribution is 2.31. The lowest BCUT2D eigenvalue weighted by atomic mass is 9.97. The van der Waals surface area contributed by atoms with Crippen molar-refractivity contribution in [2.24, 2.45) is 70.5 Å². The largest absolute Gasteiger partial charge is 0.507 e. The summed E-state index contributed by atoms with van der Waals surface area (Å²) in [7, 11) is 0. The average Bonchev–Trinajstić information content (AvgIpc) is 1.21. The maximum Gasteiger partial charge on any atom is 0.344 e. The number of nitriles is 1. The second-order valence-electron chi connectivity index (χ2n) is 36.9. The van der Waals surface area contributed by atoms with Crippen molar-refractivity contribution in [3.63, 3.8) is 0 Å². The van der Waals surface area contributed by atoms with Crippen molar-refractivity contribution in [1.29, 1.82) is 5.26 Å². The third kappa shape index (κ3) is 59.1. The molecule has 1 saturated carbocycles. The van der Waals surface area contributed by atoms with E-state index < -0.39 is 76.8 Å². The Morgan fingerprint density at radius 2 is 0.635 bits per heavy atom. The van der Waals surface area contributed by atoms with E-state index in [2.05, 4.69) is 9.47 Å². The number of carbonyl (C=O) groups is 20. The number of aryl methyl sites for hydroxylation is 2. The molecule has 0 heterocycles. The van der Waals surface area contributed by atoms with Gasteiger partial charge >= 0.3 is 53.7 Å². The number of aromatic hydroxyl groups is 2. The fourth-order valence-electron chi connectivity index (χ4n) is 9.12. The van der Waals surface area contributed by atoms with Crippen LogP contribution < -0.4 is 0 Å². The number of phenolic OH excluding ortho intramolecular Hbond substituents is 2. The van der Waals surface area contributed by atoms with Crippen molar-refractivity contribution in [2.75, 3.05) is 59.5 Å². The fraction of sp³-hybridized carbons (Fsp3) is 0.477. The first-order valence-corrected chi connectivity index (χ1v) is 48.4. The zero-order chi connectivity index (χ0) is 115. The topological polar surface area (TPSA) is 489 Å². The third-order valence-corrected chi connectivity index (χ3v) is 20.8. The van der Waals surface area contributed by atoms with Crippen LogP contribution in [0.1, 0.15) is 278 Å². The monoisotopic (exact) mass is 2150 g/mol. The number of ketones is 11. The van der Waals surface area contributed by atoms with E-state index in [1.807, 2.05) is 45.9 Å². The minimum Gasteiger partial charge on any atom is -0.507 e. The number of rotatable bonds is 38. The molecule has 6 aromatic rings. The molecule has 1 aliphatic rings. The van der Waals surface area contributed by atoms with Crippen LogP contribution in [0.15, 0.2) is 109 Å². The number of benzene rings is 6. The molecule has 6 aromatic carbocycles. The molecule has 0 atom stereocenters. The van der Waals surface area contributed by atoms with E-state index >= 15 is 0 Å². The molecule has 0 unspecified atom stereocenters. The standard InChI is InChI=1S/C14H18O3.C13H12FNO3.C12H12Cl2O3.2C12H13ClO4.C12H12F2O3.C10H18O3.C9H14O3.C8H14O2.C7H12O3/c1-9(2)12(15)8-17-14(16)13-10(3)6-5-7-11(13)4;1-8(2)12(16)7-18-13(17)10-4-3-9(6-15)5-11(10)14;1-7(2)10(15)6-17-12(16)11-8(13)4-3-5-9(11)14;1-7(2)11(15)6-17-12(16)9-4-3-8(13)5-10(9)14;2*1-7(2)10(15)6-17-12(16)11-8(13)4-3-5-9(11)14;1-7(2)8(11)6-13-9(12)10(3,4)5;1-6(2)8(10)5-12-9(11)7-3-4-7;1-6(2)8(10)5-4-7(3)9;1-5(2)7(9)4-10-6(3)8/h5-7,9H,8H2,1-4H3;3-5,8H,7H2,1-2H3;3-5,7H,6H2,1-2H3;2*3-5,7,14H,6H2,1-2H3;3-5,7H,6H2,1-2H3;7H,6H2,1-5H3;6-7H,3-5H2,1-2H3;6H,4-5H2,1-3H3;5H,4H2,1-3H3. The lowest BCUT2D eigenvalue weighted by Crippen LogP contribution is -2.26.